The van der Waals surface area contributed by atoms with Crippen LogP contribution in [-0.2, 0) is 0 Å². The van der Waals surface area contributed by atoms with Crippen LogP contribution in [-0.4, -0.2) is 26.8 Å². The van der Waals surface area contributed by atoms with E-state index in [0.717, 1.165) is 28.8 Å². The van der Waals surface area contributed by atoms with E-state index >= 15 is 0 Å². The number of nitrogens with zero attached hydrogens (tertiary/aromatic N) is 1. The Morgan fingerprint density at radius 3 is 2.48 bits per heavy atom. The molecule has 0 aromatic heterocycles. The van der Waals surface area contributed by atoms with Crippen LogP contribution < -0.4 is 19.1 Å². The minimum absolute atomic E-state index is 0.513. The van der Waals surface area contributed by atoms with Gasteiger partial charge in [0.15, 0.2) is 18.2 Å². The van der Waals surface area contributed by atoms with E-state index in [1.54, 1.807) is 26.0 Å². The zero-order valence-corrected chi connectivity index (χ0v) is 12.9. The minimum Gasteiger partial charge on any atom is -0.493 e. The topological polar surface area (TPSA) is 30.9 Å². The Balaban J connectivity index is 1.77. The number of fused-ring (bicyclic) bond motifs is 1. The number of para-hydroxylation sites is 1. The predicted octanol–water partition coefficient (Wildman–Crippen LogP) is 3.61. The molecule has 0 saturated heterocycles. The molecule has 0 N–H and O–H groups in total. The Morgan fingerprint density at radius 1 is 1.05 bits per heavy atom. The number of hydrogen-bond acceptors (Lipinski definition) is 5. The molecule has 4 nitrogen and oxygen atoms in total. The van der Waals surface area contributed by atoms with Gasteiger partial charge in [0, 0.05) is 11.0 Å². The Morgan fingerprint density at radius 2 is 1.76 bits per heavy atom. The molecule has 0 aliphatic carbocycles. The van der Waals surface area contributed by atoms with Crippen molar-refractivity contribution in [1.29, 1.82) is 0 Å². The molecule has 2 aromatic carbocycles. The summed E-state index contributed by atoms with van der Waals surface area (Å²) in [6.45, 7) is 0.513. The van der Waals surface area contributed by atoms with Crippen molar-refractivity contribution in [3.63, 3.8) is 0 Å². The summed E-state index contributed by atoms with van der Waals surface area (Å²) >= 11 is 1.77. The van der Waals surface area contributed by atoms with Gasteiger partial charge in [-0.15, -0.1) is 11.8 Å². The largest absolute Gasteiger partial charge is 0.493 e. The summed E-state index contributed by atoms with van der Waals surface area (Å²) in [5.41, 5.74) is 1.12. The van der Waals surface area contributed by atoms with Gasteiger partial charge in [-0.25, -0.2) is 0 Å². The number of methoxy groups -OCH3 is 2. The van der Waals surface area contributed by atoms with Crippen LogP contribution in [0.15, 0.2) is 47.4 Å². The van der Waals surface area contributed by atoms with E-state index in [4.69, 9.17) is 14.2 Å². The molecule has 0 amide bonds. The van der Waals surface area contributed by atoms with Crippen LogP contribution in [0.25, 0.3) is 0 Å². The van der Waals surface area contributed by atoms with Gasteiger partial charge in [-0.05, 0) is 18.2 Å². The van der Waals surface area contributed by atoms with Crippen LogP contribution in [0.2, 0.25) is 0 Å². The number of rotatable bonds is 5. The molecule has 0 saturated carbocycles. The number of hydrogen-bond donors (Lipinski definition) is 0. The predicted molar refractivity (Wildman–Crippen MR) is 84.7 cm³/mol. The monoisotopic (exact) mass is 303 g/mol. The summed E-state index contributed by atoms with van der Waals surface area (Å²) in [6, 6.07) is 13.8. The fourth-order valence-electron chi connectivity index (χ4n) is 2.21. The SMILES string of the molecule is COc1cc2c(cc1OC)N(COc1ccccc1)CS2. The van der Waals surface area contributed by atoms with E-state index in [1.807, 2.05) is 42.5 Å². The highest BCUT2D eigenvalue weighted by molar-refractivity contribution is 7.99. The summed E-state index contributed by atoms with van der Waals surface area (Å²) < 4.78 is 16.5. The van der Waals surface area contributed by atoms with E-state index in [1.165, 1.54) is 4.90 Å². The van der Waals surface area contributed by atoms with Gasteiger partial charge in [-0.2, -0.15) is 0 Å². The van der Waals surface area contributed by atoms with E-state index in [2.05, 4.69) is 4.90 Å². The first-order chi connectivity index (χ1) is 10.3. The summed E-state index contributed by atoms with van der Waals surface area (Å²) in [4.78, 5) is 3.36. The first-order valence-electron chi connectivity index (χ1n) is 6.63. The van der Waals surface area contributed by atoms with Crippen LogP contribution in [0.3, 0.4) is 0 Å². The first kappa shape index (κ1) is 13.9. The first-order valence-corrected chi connectivity index (χ1v) is 7.62. The van der Waals surface area contributed by atoms with Crippen molar-refractivity contribution in [1.82, 2.24) is 0 Å². The molecule has 21 heavy (non-hydrogen) atoms. The standard InChI is InChI=1S/C16H17NO3S/c1-18-14-8-13-16(9-15(14)19-2)21-11-17(13)10-20-12-6-4-3-5-7-12/h3-9H,10-11H2,1-2H3. The summed E-state index contributed by atoms with van der Waals surface area (Å²) in [7, 11) is 3.30. The van der Waals surface area contributed by atoms with Crippen LogP contribution in [0.4, 0.5) is 5.69 Å². The van der Waals surface area contributed by atoms with Gasteiger partial charge in [-0.1, -0.05) is 18.2 Å². The molecule has 1 aliphatic rings. The molecule has 0 bridgehead atoms. The molecule has 0 atom stereocenters. The number of anilines is 1. The van der Waals surface area contributed by atoms with Crippen LogP contribution in [0.1, 0.15) is 0 Å². The highest BCUT2D eigenvalue weighted by Crippen LogP contribution is 2.44. The van der Waals surface area contributed by atoms with Crippen LogP contribution in [0.5, 0.6) is 17.2 Å². The third-order valence-electron chi connectivity index (χ3n) is 3.31. The van der Waals surface area contributed by atoms with Crippen molar-refractivity contribution in [3.05, 3.63) is 42.5 Å². The van der Waals surface area contributed by atoms with Gasteiger partial charge in [0.2, 0.25) is 0 Å². The second-order valence-electron chi connectivity index (χ2n) is 4.57. The second kappa shape index (κ2) is 6.18. The Hall–Kier alpha value is -2.01. The quantitative estimate of drug-likeness (QED) is 0.842. The molecule has 0 radical (unpaired) electrons. The maximum Gasteiger partial charge on any atom is 0.162 e. The minimum atomic E-state index is 0.513. The molecule has 5 heteroatoms. The van der Waals surface area contributed by atoms with Gasteiger partial charge in [0.25, 0.3) is 0 Å². The van der Waals surface area contributed by atoms with Crippen molar-refractivity contribution >= 4 is 17.4 Å². The average molecular weight is 303 g/mol. The molecule has 0 unspecified atom stereocenters. The van der Waals surface area contributed by atoms with E-state index in [9.17, 15) is 0 Å². The molecule has 1 aliphatic heterocycles. The smallest absolute Gasteiger partial charge is 0.162 e. The number of thioether (sulfide) groups is 1. The molecule has 110 valence electrons. The highest BCUT2D eigenvalue weighted by atomic mass is 32.2. The molecule has 3 rings (SSSR count). The maximum absolute atomic E-state index is 5.82. The molecular weight excluding hydrogens is 286 g/mol. The zero-order valence-electron chi connectivity index (χ0n) is 12.0. The normalized spacial score (nSPS) is 13.0. The van der Waals surface area contributed by atoms with Crippen molar-refractivity contribution in [2.24, 2.45) is 0 Å². The molecule has 2 aromatic rings. The van der Waals surface area contributed by atoms with Crippen molar-refractivity contribution < 1.29 is 14.2 Å². The lowest BCUT2D eigenvalue weighted by atomic mass is 10.2. The fourth-order valence-corrected chi connectivity index (χ4v) is 3.24. The molecule has 0 spiro atoms. The van der Waals surface area contributed by atoms with Gasteiger partial charge in [0.05, 0.1) is 25.8 Å². The summed E-state index contributed by atoms with van der Waals surface area (Å²) in [5.74, 6) is 3.23. The molecule has 1 heterocycles. The van der Waals surface area contributed by atoms with E-state index in [0.29, 0.717) is 6.73 Å². The van der Waals surface area contributed by atoms with Crippen molar-refractivity contribution in [2.75, 3.05) is 31.7 Å². The Kier molecular flexibility index (Phi) is 4.10. The average Bonchev–Trinajstić information content (AvgIpc) is 2.94. The Labute approximate surface area is 128 Å². The van der Waals surface area contributed by atoms with Crippen molar-refractivity contribution in [2.45, 2.75) is 4.90 Å². The van der Waals surface area contributed by atoms with Crippen LogP contribution >= 0.6 is 11.8 Å². The highest BCUT2D eigenvalue weighted by Gasteiger charge is 2.23. The third-order valence-corrected chi connectivity index (χ3v) is 4.39. The van der Waals surface area contributed by atoms with Crippen LogP contribution in [0, 0.1) is 0 Å². The maximum atomic E-state index is 5.82. The lowest BCUT2D eigenvalue weighted by Crippen LogP contribution is -2.24. The van der Waals surface area contributed by atoms with Gasteiger partial charge >= 0.3 is 0 Å². The van der Waals surface area contributed by atoms with E-state index < -0.39 is 0 Å². The Bertz CT molecular complexity index is 618. The van der Waals surface area contributed by atoms with E-state index in [-0.39, 0.29) is 0 Å². The molecular formula is C16H17NO3S. The van der Waals surface area contributed by atoms with Gasteiger partial charge in [0.1, 0.15) is 5.75 Å². The number of ether oxygens (including phenoxy) is 3. The third kappa shape index (κ3) is 2.88. The summed E-state index contributed by atoms with van der Waals surface area (Å²) in [5, 5.41) is 0. The number of benzene rings is 2. The molecule has 0 fully saturated rings. The fraction of sp³-hybridized carbons (Fsp3) is 0.250. The van der Waals surface area contributed by atoms with Gasteiger partial charge in [-0.3, -0.25) is 0 Å². The lowest BCUT2D eigenvalue weighted by Gasteiger charge is -2.20. The lowest BCUT2D eigenvalue weighted by molar-refractivity contribution is 0.319. The zero-order chi connectivity index (χ0) is 14.7. The summed E-state index contributed by atoms with van der Waals surface area (Å²) in [6.07, 6.45) is 0. The van der Waals surface area contributed by atoms with Crippen molar-refractivity contribution in [3.8, 4) is 17.2 Å². The van der Waals surface area contributed by atoms with Gasteiger partial charge < -0.3 is 19.1 Å². The second-order valence-corrected chi connectivity index (χ2v) is 5.56.